The molecule has 6 heteroatoms. The first-order chi connectivity index (χ1) is 14.6. The van der Waals surface area contributed by atoms with Crippen molar-refractivity contribution in [2.75, 3.05) is 0 Å². The molecule has 2 rings (SSSR count). The molecule has 3 nitrogen and oxygen atoms in total. The van der Waals surface area contributed by atoms with Crippen LogP contribution in [0.5, 0.6) is 0 Å². The molecule has 168 valence electrons. The summed E-state index contributed by atoms with van der Waals surface area (Å²) in [6, 6.07) is 18.1. The van der Waals surface area contributed by atoms with Gasteiger partial charge in [-0.2, -0.15) is 13.2 Å². The summed E-state index contributed by atoms with van der Waals surface area (Å²) in [4.78, 5) is 11.6. The van der Waals surface area contributed by atoms with Gasteiger partial charge in [0.2, 0.25) is 0 Å². The molecule has 31 heavy (non-hydrogen) atoms. The molecule has 2 aromatic carbocycles. The molecule has 0 bridgehead atoms. The smallest absolute Gasteiger partial charge is 0.365 e. The van der Waals surface area contributed by atoms with E-state index >= 15 is 0 Å². The van der Waals surface area contributed by atoms with Gasteiger partial charge in [0.25, 0.3) is 0 Å². The number of amides is 1. The number of carbonyl (C=O) groups is 1. The Balaban J connectivity index is 2.30. The molecular weight excluding hydrogens is 403 g/mol. The summed E-state index contributed by atoms with van der Waals surface area (Å²) in [5, 5.41) is 2.05. The summed E-state index contributed by atoms with van der Waals surface area (Å²) >= 11 is 0. The van der Waals surface area contributed by atoms with Gasteiger partial charge in [0.1, 0.15) is 6.10 Å². The van der Waals surface area contributed by atoms with E-state index in [9.17, 15) is 18.0 Å². The number of halogens is 3. The molecule has 0 radical (unpaired) electrons. The van der Waals surface area contributed by atoms with Gasteiger partial charge in [-0.05, 0) is 43.7 Å². The standard InChI is InChI=1S/C25H30F3NO2/c1-5-16-24(4,17-18(2)20-12-8-6-9-13-20)31-22(21-14-10-7-11-15-21)19(3)29-23(30)25(26,27)28/h5-15,18-19,22H,1,16-17H2,2-4H3,(H,29,30)/t18-,19+,22-,24+/m0/s1. The zero-order valence-corrected chi connectivity index (χ0v) is 18.2. The highest BCUT2D eigenvalue weighted by Gasteiger charge is 2.41. The number of carbonyl (C=O) groups excluding carboxylic acids is 1. The van der Waals surface area contributed by atoms with Gasteiger partial charge in [0.15, 0.2) is 0 Å². The predicted octanol–water partition coefficient (Wildman–Crippen LogP) is 6.34. The lowest BCUT2D eigenvalue weighted by atomic mass is 9.85. The van der Waals surface area contributed by atoms with Gasteiger partial charge in [-0.25, -0.2) is 0 Å². The quantitative estimate of drug-likeness (QED) is 0.444. The molecule has 4 atom stereocenters. The van der Waals surface area contributed by atoms with Gasteiger partial charge in [0, 0.05) is 0 Å². The molecule has 0 fully saturated rings. The SMILES string of the molecule is C=CC[C@](C)(C[C@H](C)c1ccccc1)O[C@H](c1ccccc1)[C@@H](C)NC(=O)C(F)(F)F. The maximum Gasteiger partial charge on any atom is 0.471 e. The number of rotatable bonds is 10. The Labute approximate surface area is 182 Å². The Morgan fingerprint density at radius 2 is 1.55 bits per heavy atom. The highest BCUT2D eigenvalue weighted by atomic mass is 19.4. The monoisotopic (exact) mass is 433 g/mol. The van der Waals surface area contributed by atoms with E-state index < -0.39 is 29.8 Å². The first-order valence-electron chi connectivity index (χ1n) is 10.3. The molecule has 1 N–H and O–H groups in total. The van der Waals surface area contributed by atoms with E-state index in [4.69, 9.17) is 4.74 Å². The average Bonchev–Trinajstić information content (AvgIpc) is 2.72. The second-order valence-corrected chi connectivity index (χ2v) is 8.17. The lowest BCUT2D eigenvalue weighted by Crippen LogP contribution is -2.46. The van der Waals surface area contributed by atoms with E-state index in [0.717, 1.165) is 5.56 Å². The van der Waals surface area contributed by atoms with Crippen molar-refractivity contribution in [1.82, 2.24) is 5.32 Å². The van der Waals surface area contributed by atoms with Crippen molar-refractivity contribution in [2.24, 2.45) is 0 Å². The Morgan fingerprint density at radius 1 is 1.03 bits per heavy atom. The van der Waals surface area contributed by atoms with Gasteiger partial charge in [-0.15, -0.1) is 6.58 Å². The van der Waals surface area contributed by atoms with Crippen LogP contribution in [0, 0.1) is 0 Å². The van der Waals surface area contributed by atoms with Crippen molar-refractivity contribution in [3.8, 4) is 0 Å². The number of benzene rings is 2. The van der Waals surface area contributed by atoms with E-state index in [-0.39, 0.29) is 5.92 Å². The fourth-order valence-corrected chi connectivity index (χ4v) is 3.80. The first kappa shape index (κ1) is 24.7. The third kappa shape index (κ3) is 7.24. The Kier molecular flexibility index (Phi) is 8.45. The number of hydrogen-bond acceptors (Lipinski definition) is 2. The van der Waals surface area contributed by atoms with Crippen LogP contribution in [0.25, 0.3) is 0 Å². The predicted molar refractivity (Wildman–Crippen MR) is 117 cm³/mol. The van der Waals surface area contributed by atoms with Crippen molar-refractivity contribution in [3.63, 3.8) is 0 Å². The minimum absolute atomic E-state index is 0.155. The summed E-state index contributed by atoms with van der Waals surface area (Å²) in [6.45, 7) is 9.38. The number of alkyl halides is 3. The zero-order valence-electron chi connectivity index (χ0n) is 18.2. The van der Waals surface area contributed by atoms with Crippen LogP contribution in [0.4, 0.5) is 13.2 Å². The molecule has 0 saturated carbocycles. The van der Waals surface area contributed by atoms with Crippen LogP contribution in [-0.2, 0) is 9.53 Å². The fraction of sp³-hybridized carbons (Fsp3) is 0.400. The largest absolute Gasteiger partial charge is 0.471 e. The van der Waals surface area contributed by atoms with Crippen molar-refractivity contribution in [3.05, 3.63) is 84.4 Å². The maximum absolute atomic E-state index is 12.8. The third-order valence-electron chi connectivity index (χ3n) is 5.29. The zero-order chi connectivity index (χ0) is 23.1. The number of hydrogen-bond donors (Lipinski definition) is 1. The van der Waals surface area contributed by atoms with Gasteiger partial charge >= 0.3 is 12.1 Å². The van der Waals surface area contributed by atoms with Gasteiger partial charge in [-0.3, -0.25) is 4.79 Å². The highest BCUT2D eigenvalue weighted by Crippen LogP contribution is 2.36. The second-order valence-electron chi connectivity index (χ2n) is 8.17. The molecule has 2 aromatic rings. The third-order valence-corrected chi connectivity index (χ3v) is 5.29. The van der Waals surface area contributed by atoms with Crippen molar-refractivity contribution >= 4 is 5.91 Å². The van der Waals surface area contributed by atoms with Gasteiger partial charge in [-0.1, -0.05) is 73.7 Å². The molecule has 0 unspecified atom stereocenters. The lowest BCUT2D eigenvalue weighted by Gasteiger charge is -2.38. The van der Waals surface area contributed by atoms with Crippen molar-refractivity contribution < 1.29 is 22.7 Å². The van der Waals surface area contributed by atoms with Crippen molar-refractivity contribution in [2.45, 2.75) is 63.5 Å². The number of nitrogens with one attached hydrogen (secondary N) is 1. The molecular formula is C25H30F3NO2. The molecule has 0 aliphatic rings. The highest BCUT2D eigenvalue weighted by molar-refractivity contribution is 5.82. The summed E-state index contributed by atoms with van der Waals surface area (Å²) < 4.78 is 45.0. The van der Waals surface area contributed by atoms with E-state index in [2.05, 4.69) is 18.8 Å². The second kappa shape index (κ2) is 10.6. The fourth-order valence-electron chi connectivity index (χ4n) is 3.80. The Hall–Kier alpha value is -2.60. The maximum atomic E-state index is 12.8. The topological polar surface area (TPSA) is 38.3 Å². The normalized spacial score (nSPS) is 16.6. The van der Waals surface area contributed by atoms with E-state index in [1.165, 1.54) is 6.92 Å². The Morgan fingerprint density at radius 3 is 2.03 bits per heavy atom. The molecule has 0 aliphatic heterocycles. The van der Waals surface area contributed by atoms with Crippen LogP contribution >= 0.6 is 0 Å². The molecule has 0 heterocycles. The molecule has 0 saturated heterocycles. The van der Waals surface area contributed by atoms with Crippen LogP contribution < -0.4 is 5.32 Å². The molecule has 0 aromatic heterocycles. The minimum Gasteiger partial charge on any atom is -0.365 e. The van der Waals surface area contributed by atoms with Crippen LogP contribution in [0.2, 0.25) is 0 Å². The summed E-state index contributed by atoms with van der Waals surface area (Å²) in [6.07, 6.45) is -2.83. The summed E-state index contributed by atoms with van der Waals surface area (Å²) in [5.41, 5.74) is 1.14. The van der Waals surface area contributed by atoms with Crippen LogP contribution in [0.3, 0.4) is 0 Å². The lowest BCUT2D eigenvalue weighted by molar-refractivity contribution is -0.176. The number of ether oxygens (including phenoxy) is 1. The van der Waals surface area contributed by atoms with Gasteiger partial charge < -0.3 is 10.1 Å². The first-order valence-corrected chi connectivity index (χ1v) is 10.3. The summed E-state index contributed by atoms with van der Waals surface area (Å²) in [5.74, 6) is -1.82. The van der Waals surface area contributed by atoms with E-state index in [1.807, 2.05) is 43.3 Å². The molecule has 0 spiro atoms. The summed E-state index contributed by atoms with van der Waals surface area (Å²) in [7, 11) is 0. The average molecular weight is 434 g/mol. The minimum atomic E-state index is -4.96. The van der Waals surface area contributed by atoms with Crippen molar-refractivity contribution in [1.29, 1.82) is 0 Å². The van der Waals surface area contributed by atoms with Crippen LogP contribution in [0.1, 0.15) is 56.8 Å². The van der Waals surface area contributed by atoms with E-state index in [1.54, 1.807) is 30.3 Å². The van der Waals surface area contributed by atoms with Crippen LogP contribution in [-0.4, -0.2) is 23.7 Å². The van der Waals surface area contributed by atoms with Gasteiger partial charge in [0.05, 0.1) is 11.6 Å². The van der Waals surface area contributed by atoms with E-state index in [0.29, 0.717) is 18.4 Å². The van der Waals surface area contributed by atoms with Crippen LogP contribution in [0.15, 0.2) is 73.3 Å². The molecule has 1 amide bonds. The molecule has 0 aliphatic carbocycles. The Bertz CT molecular complexity index is 839.